The number of phenolic OH excluding ortho intramolecular Hbond substituents is 1. The molecule has 0 aliphatic carbocycles. The highest BCUT2D eigenvalue weighted by molar-refractivity contribution is 5.89. The third kappa shape index (κ3) is 3.21. The van der Waals surface area contributed by atoms with E-state index < -0.39 is 17.5 Å². The van der Waals surface area contributed by atoms with Crippen molar-refractivity contribution in [2.45, 2.75) is 50.0 Å². The normalized spacial score (nSPS) is 27.1. The minimum Gasteiger partial charge on any atom is -0.507 e. The third-order valence-electron chi connectivity index (χ3n) is 6.85. The summed E-state index contributed by atoms with van der Waals surface area (Å²) in [5, 5.41) is 22.2. The molecule has 0 radical (unpaired) electrons. The summed E-state index contributed by atoms with van der Waals surface area (Å²) in [5.41, 5.74) is -0.364. The fraction of sp³-hybridized carbons (Fsp3) is 0.455. The molecule has 2 aromatic heterocycles. The number of alkyl halides is 1. The van der Waals surface area contributed by atoms with Crippen molar-refractivity contribution in [2.75, 3.05) is 11.9 Å². The molecule has 2 bridgehead atoms. The molecule has 5 rings (SSSR count). The molecule has 168 valence electrons. The van der Waals surface area contributed by atoms with E-state index in [9.17, 15) is 14.3 Å². The number of aromatic nitrogens is 4. The van der Waals surface area contributed by atoms with Crippen LogP contribution in [0.15, 0.2) is 29.3 Å². The summed E-state index contributed by atoms with van der Waals surface area (Å²) in [6.45, 7) is 2.11. The van der Waals surface area contributed by atoms with Gasteiger partial charge in [-0.1, -0.05) is 0 Å². The highest BCUT2D eigenvalue weighted by Crippen LogP contribution is 2.39. The molecule has 4 atom stereocenters. The van der Waals surface area contributed by atoms with Gasteiger partial charge in [-0.3, -0.25) is 4.79 Å². The standard InChI is InChI=1S/C22H24F2N6O2/c1-22-5-4-15(26-22)19(24)16(8-22)30(3)18-9-25-20(28-27-18)13-6-11-12(7-17(13)31)21(32)29(2)10-14(11)23/h6-7,9-10,15-16,19,26,31H,4-5,8H2,1-3H3/t15?,16-,19+,22-/m0/s1. The number of hydrogen-bond donors (Lipinski definition) is 2. The van der Waals surface area contributed by atoms with Gasteiger partial charge in [0.2, 0.25) is 0 Å². The van der Waals surface area contributed by atoms with Gasteiger partial charge in [0.15, 0.2) is 11.6 Å². The number of phenols is 1. The Morgan fingerprint density at radius 2 is 2.09 bits per heavy atom. The number of hydrogen-bond acceptors (Lipinski definition) is 7. The van der Waals surface area contributed by atoms with Gasteiger partial charge in [-0.05, 0) is 38.3 Å². The number of benzene rings is 1. The van der Waals surface area contributed by atoms with Crippen LogP contribution in [0.3, 0.4) is 0 Å². The van der Waals surface area contributed by atoms with Gasteiger partial charge in [0.05, 0.1) is 23.2 Å². The maximum atomic E-state index is 15.0. The fourth-order valence-electron chi connectivity index (χ4n) is 5.01. The Kier molecular flexibility index (Phi) is 4.66. The monoisotopic (exact) mass is 442 g/mol. The highest BCUT2D eigenvalue weighted by Gasteiger charge is 2.49. The molecule has 2 aliphatic heterocycles. The second-order valence-electron chi connectivity index (χ2n) is 9.13. The van der Waals surface area contributed by atoms with Crippen LogP contribution in [0.1, 0.15) is 26.2 Å². The molecule has 0 amide bonds. The smallest absolute Gasteiger partial charge is 0.258 e. The Morgan fingerprint density at radius 3 is 2.81 bits per heavy atom. The average Bonchev–Trinajstić information content (AvgIpc) is 3.11. The zero-order valence-electron chi connectivity index (χ0n) is 18.0. The van der Waals surface area contributed by atoms with Crippen LogP contribution in [-0.2, 0) is 7.05 Å². The van der Waals surface area contributed by atoms with Crippen molar-refractivity contribution in [3.8, 4) is 17.1 Å². The van der Waals surface area contributed by atoms with Gasteiger partial charge in [-0.25, -0.2) is 13.8 Å². The zero-order chi connectivity index (χ0) is 22.8. The lowest BCUT2D eigenvalue weighted by atomic mass is 9.87. The molecule has 2 fully saturated rings. The molecule has 1 aromatic carbocycles. The van der Waals surface area contributed by atoms with Crippen molar-refractivity contribution in [2.24, 2.45) is 7.05 Å². The number of piperidine rings is 1. The zero-order valence-corrected chi connectivity index (χ0v) is 18.0. The highest BCUT2D eigenvalue weighted by atomic mass is 19.1. The Balaban J connectivity index is 1.47. The molecule has 2 N–H and O–H groups in total. The molecule has 32 heavy (non-hydrogen) atoms. The second-order valence-corrected chi connectivity index (χ2v) is 9.13. The van der Waals surface area contributed by atoms with Gasteiger partial charge >= 0.3 is 0 Å². The van der Waals surface area contributed by atoms with E-state index in [4.69, 9.17) is 0 Å². The lowest BCUT2D eigenvalue weighted by Crippen LogP contribution is -2.60. The summed E-state index contributed by atoms with van der Waals surface area (Å²) in [7, 11) is 3.21. The lowest BCUT2D eigenvalue weighted by Gasteiger charge is -2.43. The quantitative estimate of drug-likeness (QED) is 0.643. The maximum Gasteiger partial charge on any atom is 0.258 e. The molecule has 2 saturated heterocycles. The van der Waals surface area contributed by atoms with Crippen LogP contribution in [0.25, 0.3) is 22.2 Å². The van der Waals surface area contributed by atoms with Crippen molar-refractivity contribution in [1.29, 1.82) is 0 Å². The number of aromatic hydroxyl groups is 1. The largest absolute Gasteiger partial charge is 0.507 e. The van der Waals surface area contributed by atoms with Crippen molar-refractivity contribution in [1.82, 2.24) is 25.1 Å². The van der Waals surface area contributed by atoms with Crippen molar-refractivity contribution in [3.05, 3.63) is 40.7 Å². The Morgan fingerprint density at radius 1 is 1.31 bits per heavy atom. The number of nitrogens with zero attached hydrogens (tertiary/aromatic N) is 5. The Labute approximate surface area is 182 Å². The van der Waals surface area contributed by atoms with Crippen molar-refractivity contribution < 1.29 is 13.9 Å². The third-order valence-corrected chi connectivity index (χ3v) is 6.85. The van der Waals surface area contributed by atoms with E-state index in [0.717, 1.165) is 23.6 Å². The van der Waals surface area contributed by atoms with Gasteiger partial charge in [-0.2, -0.15) is 0 Å². The summed E-state index contributed by atoms with van der Waals surface area (Å²) in [6, 6.07) is 2.03. The topological polar surface area (TPSA) is 96.2 Å². The van der Waals surface area contributed by atoms with E-state index in [1.54, 1.807) is 11.9 Å². The molecule has 1 unspecified atom stereocenters. The van der Waals surface area contributed by atoms with E-state index >= 15 is 4.39 Å². The van der Waals surface area contributed by atoms with Crippen LogP contribution in [-0.4, -0.2) is 55.7 Å². The molecule has 0 spiro atoms. The average molecular weight is 442 g/mol. The van der Waals surface area contributed by atoms with E-state index in [1.807, 2.05) is 0 Å². The number of fused-ring (bicyclic) bond motifs is 3. The minimum atomic E-state index is -1.04. The number of anilines is 1. The van der Waals surface area contributed by atoms with E-state index in [-0.39, 0.29) is 45.5 Å². The lowest BCUT2D eigenvalue weighted by molar-refractivity contribution is 0.144. The Bertz CT molecular complexity index is 1260. The van der Waals surface area contributed by atoms with Crippen LogP contribution in [0, 0.1) is 5.82 Å². The first-order valence-electron chi connectivity index (χ1n) is 10.5. The molecule has 2 aliphatic rings. The predicted molar refractivity (Wildman–Crippen MR) is 116 cm³/mol. The SMILES string of the molecule is CN(c1cnc(-c2cc3c(F)cn(C)c(=O)c3cc2O)nn1)[C@H]1C[C@]2(C)CCC(N2)[C@H]1F. The van der Waals surface area contributed by atoms with Crippen LogP contribution in [0.2, 0.25) is 0 Å². The fourth-order valence-corrected chi connectivity index (χ4v) is 5.01. The Hall–Kier alpha value is -3.14. The van der Waals surface area contributed by atoms with E-state index in [2.05, 4.69) is 27.4 Å². The molecular formula is C22H24F2N6O2. The molecule has 10 heteroatoms. The van der Waals surface area contributed by atoms with Crippen LogP contribution < -0.4 is 15.8 Å². The molecule has 3 aromatic rings. The van der Waals surface area contributed by atoms with Crippen molar-refractivity contribution in [3.63, 3.8) is 0 Å². The number of halogens is 2. The van der Waals surface area contributed by atoms with E-state index in [0.29, 0.717) is 12.2 Å². The number of aryl methyl sites for hydroxylation is 1. The molecular weight excluding hydrogens is 418 g/mol. The summed E-state index contributed by atoms with van der Waals surface area (Å²) >= 11 is 0. The van der Waals surface area contributed by atoms with Gasteiger partial charge in [0, 0.05) is 37.3 Å². The second kappa shape index (κ2) is 7.19. The first kappa shape index (κ1) is 20.7. The van der Waals surface area contributed by atoms with Crippen LogP contribution in [0.4, 0.5) is 14.6 Å². The first-order chi connectivity index (χ1) is 15.2. The van der Waals surface area contributed by atoms with Crippen LogP contribution in [0.5, 0.6) is 5.75 Å². The summed E-state index contributed by atoms with van der Waals surface area (Å²) in [6.07, 6.45) is 3.91. The first-order valence-corrected chi connectivity index (χ1v) is 10.5. The predicted octanol–water partition coefficient (Wildman–Crippen LogP) is 2.29. The summed E-state index contributed by atoms with van der Waals surface area (Å²) < 4.78 is 30.6. The number of pyridine rings is 1. The van der Waals surface area contributed by atoms with Gasteiger partial charge in [0.1, 0.15) is 17.7 Å². The molecule has 0 saturated carbocycles. The summed E-state index contributed by atoms with van der Waals surface area (Å²) in [4.78, 5) is 18.3. The number of rotatable bonds is 3. The maximum absolute atomic E-state index is 15.0. The van der Waals surface area contributed by atoms with Gasteiger partial charge in [-0.15, -0.1) is 10.2 Å². The molecule has 8 nitrogen and oxygen atoms in total. The van der Waals surface area contributed by atoms with Crippen LogP contribution >= 0.6 is 0 Å². The number of nitrogens with one attached hydrogen (secondary N) is 1. The van der Waals surface area contributed by atoms with E-state index in [1.165, 1.54) is 25.4 Å². The minimum absolute atomic E-state index is 0.0566. The summed E-state index contributed by atoms with van der Waals surface area (Å²) in [5.74, 6) is -0.368. The molecule has 4 heterocycles. The van der Waals surface area contributed by atoms with Gasteiger partial charge < -0.3 is 19.9 Å². The van der Waals surface area contributed by atoms with Gasteiger partial charge in [0.25, 0.3) is 5.56 Å². The van der Waals surface area contributed by atoms with Crippen molar-refractivity contribution >= 4 is 16.6 Å².